The van der Waals surface area contributed by atoms with Gasteiger partial charge in [0.25, 0.3) is 0 Å². The zero-order valence-corrected chi connectivity index (χ0v) is 16.6. The van der Waals surface area contributed by atoms with Gasteiger partial charge in [0.1, 0.15) is 5.82 Å². The number of carbonyl (C=O) groups excluding carboxylic acids is 1. The number of amides is 1. The number of rotatable bonds is 4. The highest BCUT2D eigenvalue weighted by atomic mass is 35.5. The largest absolute Gasteiger partial charge is 0.363 e. The molecular weight excluding hydrogens is 362 g/mol. The van der Waals surface area contributed by atoms with Crippen molar-refractivity contribution in [2.45, 2.75) is 6.92 Å². The number of carbonyl (C=O) groups is 1. The van der Waals surface area contributed by atoms with Gasteiger partial charge in [-0.2, -0.15) is 4.98 Å². The summed E-state index contributed by atoms with van der Waals surface area (Å²) in [5.41, 5.74) is 1.89. The molecule has 0 unspecified atom stereocenters. The van der Waals surface area contributed by atoms with Crippen molar-refractivity contribution in [1.29, 1.82) is 0 Å². The van der Waals surface area contributed by atoms with Crippen molar-refractivity contribution in [3.63, 3.8) is 0 Å². The number of anilines is 2. The third-order valence-corrected chi connectivity index (χ3v) is 4.70. The van der Waals surface area contributed by atoms with Gasteiger partial charge in [-0.1, -0.05) is 23.7 Å². The smallest absolute Gasteiger partial charge is 0.246 e. The quantitative estimate of drug-likeness (QED) is 0.757. The number of hydrogen-bond donors (Lipinski definition) is 0. The normalized spacial score (nSPS) is 14.7. The van der Waals surface area contributed by atoms with Crippen molar-refractivity contribution in [3.05, 3.63) is 52.7 Å². The van der Waals surface area contributed by atoms with Crippen molar-refractivity contribution in [2.24, 2.45) is 0 Å². The molecule has 1 saturated heterocycles. The number of aryl methyl sites for hydroxylation is 1. The lowest BCUT2D eigenvalue weighted by Crippen LogP contribution is -2.49. The van der Waals surface area contributed by atoms with Gasteiger partial charge in [0, 0.05) is 63.1 Å². The molecule has 27 heavy (non-hydrogen) atoms. The van der Waals surface area contributed by atoms with E-state index >= 15 is 0 Å². The van der Waals surface area contributed by atoms with Crippen molar-refractivity contribution in [1.82, 2.24) is 14.9 Å². The third-order valence-electron chi connectivity index (χ3n) is 4.45. The van der Waals surface area contributed by atoms with Gasteiger partial charge in [-0.05, 0) is 30.7 Å². The summed E-state index contributed by atoms with van der Waals surface area (Å²) in [6.07, 6.45) is 3.43. The molecule has 1 aliphatic rings. The van der Waals surface area contributed by atoms with E-state index in [1.807, 2.05) is 67.2 Å². The van der Waals surface area contributed by atoms with Gasteiger partial charge >= 0.3 is 0 Å². The molecule has 0 spiro atoms. The van der Waals surface area contributed by atoms with Crippen LogP contribution in [-0.4, -0.2) is 61.0 Å². The van der Waals surface area contributed by atoms with E-state index in [9.17, 15) is 4.79 Å². The fourth-order valence-corrected chi connectivity index (χ4v) is 3.01. The summed E-state index contributed by atoms with van der Waals surface area (Å²) in [7, 11) is 3.93. The zero-order valence-electron chi connectivity index (χ0n) is 15.9. The molecule has 142 valence electrons. The average molecular weight is 386 g/mol. The molecule has 1 aliphatic heterocycles. The van der Waals surface area contributed by atoms with Crippen molar-refractivity contribution >= 4 is 35.4 Å². The van der Waals surface area contributed by atoms with Crippen molar-refractivity contribution in [2.75, 3.05) is 50.1 Å². The summed E-state index contributed by atoms with van der Waals surface area (Å²) in [6.45, 7) is 4.71. The first-order valence-electron chi connectivity index (χ1n) is 8.93. The zero-order chi connectivity index (χ0) is 19.4. The number of halogens is 1. The Labute approximate surface area is 165 Å². The van der Waals surface area contributed by atoms with Crippen LogP contribution in [0.1, 0.15) is 11.3 Å². The van der Waals surface area contributed by atoms with Gasteiger partial charge in [0.05, 0.1) is 0 Å². The molecule has 0 aliphatic carbocycles. The predicted octanol–water partition coefficient (Wildman–Crippen LogP) is 2.87. The highest BCUT2D eigenvalue weighted by molar-refractivity contribution is 6.30. The Morgan fingerprint density at radius 2 is 1.78 bits per heavy atom. The monoisotopic (exact) mass is 385 g/mol. The van der Waals surface area contributed by atoms with Gasteiger partial charge in [-0.25, -0.2) is 4.98 Å². The second-order valence-electron chi connectivity index (χ2n) is 6.76. The van der Waals surface area contributed by atoms with Crippen LogP contribution in [-0.2, 0) is 4.79 Å². The van der Waals surface area contributed by atoms with E-state index in [0.717, 1.165) is 36.1 Å². The number of nitrogens with zero attached hydrogens (tertiary/aromatic N) is 5. The summed E-state index contributed by atoms with van der Waals surface area (Å²) < 4.78 is 0. The average Bonchev–Trinajstić information content (AvgIpc) is 2.67. The van der Waals surface area contributed by atoms with Crippen LogP contribution in [0.5, 0.6) is 0 Å². The highest BCUT2D eigenvalue weighted by Gasteiger charge is 2.22. The Bertz CT molecular complexity index is 827. The van der Waals surface area contributed by atoms with Crippen LogP contribution in [0.25, 0.3) is 6.08 Å². The van der Waals surface area contributed by atoms with Gasteiger partial charge in [0.15, 0.2) is 0 Å². The first kappa shape index (κ1) is 19.2. The minimum atomic E-state index is 0.0174. The van der Waals surface area contributed by atoms with Crippen molar-refractivity contribution in [3.8, 4) is 0 Å². The first-order chi connectivity index (χ1) is 12.9. The molecule has 0 N–H and O–H groups in total. The lowest BCUT2D eigenvalue weighted by molar-refractivity contribution is -0.126. The lowest BCUT2D eigenvalue weighted by Gasteiger charge is -2.34. The van der Waals surface area contributed by atoms with Crippen LogP contribution < -0.4 is 9.80 Å². The highest BCUT2D eigenvalue weighted by Crippen LogP contribution is 2.17. The molecular formula is C20H24ClN5O. The minimum absolute atomic E-state index is 0.0174. The Kier molecular flexibility index (Phi) is 5.96. The van der Waals surface area contributed by atoms with Crippen LogP contribution in [0, 0.1) is 6.92 Å². The molecule has 6 nitrogen and oxygen atoms in total. The van der Waals surface area contributed by atoms with Gasteiger partial charge in [-0.15, -0.1) is 0 Å². The van der Waals surface area contributed by atoms with Crippen molar-refractivity contribution < 1.29 is 4.79 Å². The lowest BCUT2D eigenvalue weighted by atomic mass is 10.2. The molecule has 1 amide bonds. The SMILES string of the molecule is Cc1cc(N(C)C)nc(N2CCN(C(=O)/C=C/c3ccc(Cl)cc3)CC2)n1. The van der Waals surface area contributed by atoms with Crippen LogP contribution >= 0.6 is 11.6 Å². The maximum absolute atomic E-state index is 12.4. The number of aromatic nitrogens is 2. The molecule has 0 radical (unpaired) electrons. The van der Waals surface area contributed by atoms with Gasteiger partial charge in [0.2, 0.25) is 11.9 Å². The molecule has 2 aromatic rings. The first-order valence-corrected chi connectivity index (χ1v) is 9.31. The van der Waals surface area contributed by atoms with Crippen LogP contribution in [0.15, 0.2) is 36.4 Å². The number of hydrogen-bond acceptors (Lipinski definition) is 5. The predicted molar refractivity (Wildman–Crippen MR) is 110 cm³/mol. The molecule has 1 aromatic carbocycles. The fraction of sp³-hybridized carbons (Fsp3) is 0.350. The standard InChI is InChI=1S/C20H24ClN5O/c1-15-14-18(24(2)3)23-20(22-15)26-12-10-25(11-13-26)19(27)9-6-16-4-7-17(21)8-5-16/h4-9,14H,10-13H2,1-3H3/b9-6+. The second-order valence-corrected chi connectivity index (χ2v) is 7.20. The summed E-state index contributed by atoms with van der Waals surface area (Å²) >= 11 is 5.88. The van der Waals surface area contributed by atoms with E-state index in [2.05, 4.69) is 14.9 Å². The van der Waals surface area contributed by atoms with Gasteiger partial charge in [-0.3, -0.25) is 4.79 Å². The molecule has 3 rings (SSSR count). The second kappa shape index (κ2) is 8.39. The topological polar surface area (TPSA) is 52.6 Å². The van der Waals surface area contributed by atoms with E-state index in [1.165, 1.54) is 0 Å². The maximum atomic E-state index is 12.4. The summed E-state index contributed by atoms with van der Waals surface area (Å²) in [5.74, 6) is 1.63. The van der Waals surface area contributed by atoms with E-state index in [4.69, 9.17) is 11.6 Å². The van der Waals surface area contributed by atoms with E-state index in [0.29, 0.717) is 18.1 Å². The van der Waals surface area contributed by atoms with E-state index in [-0.39, 0.29) is 5.91 Å². The Hall–Kier alpha value is -2.60. The molecule has 2 heterocycles. The van der Waals surface area contributed by atoms with E-state index in [1.54, 1.807) is 6.08 Å². The molecule has 1 aromatic heterocycles. The summed E-state index contributed by atoms with van der Waals surface area (Å²) in [6, 6.07) is 9.37. The van der Waals surface area contributed by atoms with Crippen LogP contribution in [0.3, 0.4) is 0 Å². The Morgan fingerprint density at radius 3 is 2.41 bits per heavy atom. The van der Waals surface area contributed by atoms with E-state index < -0.39 is 0 Å². The molecule has 7 heteroatoms. The third kappa shape index (κ3) is 4.98. The van der Waals surface area contributed by atoms with Gasteiger partial charge < -0.3 is 14.7 Å². The molecule has 0 bridgehead atoms. The van der Waals surface area contributed by atoms with Crippen LogP contribution in [0.4, 0.5) is 11.8 Å². The molecule has 0 saturated carbocycles. The summed E-state index contributed by atoms with van der Waals surface area (Å²) in [4.78, 5) is 27.6. The minimum Gasteiger partial charge on any atom is -0.363 e. The number of piperazine rings is 1. The maximum Gasteiger partial charge on any atom is 0.246 e. The molecule has 1 fully saturated rings. The number of benzene rings is 1. The Balaban J connectivity index is 1.60. The Morgan fingerprint density at radius 1 is 1.11 bits per heavy atom. The summed E-state index contributed by atoms with van der Waals surface area (Å²) in [5, 5.41) is 0.686. The molecule has 0 atom stereocenters. The fourth-order valence-electron chi connectivity index (χ4n) is 2.88. The van der Waals surface area contributed by atoms with Crippen LogP contribution in [0.2, 0.25) is 5.02 Å².